The van der Waals surface area contributed by atoms with Gasteiger partial charge in [0.05, 0.1) is 0 Å². The lowest BCUT2D eigenvalue weighted by atomic mass is 10.2. The Hall–Kier alpha value is -2.70. The Bertz CT molecular complexity index is 728. The van der Waals surface area contributed by atoms with E-state index in [2.05, 4.69) is 15.6 Å². The Balaban J connectivity index is 1.65. The second-order valence-electron chi connectivity index (χ2n) is 4.65. The van der Waals surface area contributed by atoms with E-state index in [0.717, 1.165) is 11.1 Å². The highest BCUT2D eigenvalue weighted by Gasteiger charge is 2.08. The SMILES string of the molecule is ONCc1cccc(OCc2noc(-c3ccccc3)n2)c1. The predicted molar refractivity (Wildman–Crippen MR) is 79.1 cm³/mol. The summed E-state index contributed by atoms with van der Waals surface area (Å²) in [5.41, 5.74) is 3.90. The summed E-state index contributed by atoms with van der Waals surface area (Å²) < 4.78 is 10.9. The third-order valence-electron chi connectivity index (χ3n) is 3.04. The molecule has 0 bridgehead atoms. The molecule has 0 spiro atoms. The molecular formula is C16H15N3O3. The van der Waals surface area contributed by atoms with E-state index in [9.17, 15) is 0 Å². The van der Waals surface area contributed by atoms with Gasteiger partial charge in [0.25, 0.3) is 5.89 Å². The van der Waals surface area contributed by atoms with E-state index in [1.165, 1.54) is 0 Å². The summed E-state index contributed by atoms with van der Waals surface area (Å²) in [6.45, 7) is 0.573. The van der Waals surface area contributed by atoms with Gasteiger partial charge in [-0.3, -0.25) is 0 Å². The van der Waals surface area contributed by atoms with Gasteiger partial charge in [0, 0.05) is 12.1 Å². The van der Waals surface area contributed by atoms with E-state index in [4.69, 9.17) is 14.5 Å². The Morgan fingerprint density at radius 3 is 2.77 bits per heavy atom. The Labute approximate surface area is 127 Å². The summed E-state index contributed by atoms with van der Waals surface area (Å²) in [6, 6.07) is 17.0. The molecule has 0 saturated heterocycles. The highest BCUT2D eigenvalue weighted by Crippen LogP contribution is 2.18. The normalized spacial score (nSPS) is 10.6. The van der Waals surface area contributed by atoms with Crippen molar-refractivity contribution in [1.82, 2.24) is 15.6 Å². The van der Waals surface area contributed by atoms with Crippen LogP contribution in [0.15, 0.2) is 59.1 Å². The van der Waals surface area contributed by atoms with Crippen LogP contribution in [-0.2, 0) is 13.2 Å². The van der Waals surface area contributed by atoms with E-state index in [-0.39, 0.29) is 6.61 Å². The number of hydrogen-bond donors (Lipinski definition) is 2. The molecule has 0 radical (unpaired) electrons. The van der Waals surface area contributed by atoms with Gasteiger partial charge in [0.2, 0.25) is 5.82 Å². The van der Waals surface area contributed by atoms with Crippen molar-refractivity contribution in [3.63, 3.8) is 0 Å². The molecule has 0 atom stereocenters. The van der Waals surface area contributed by atoms with Crippen LogP contribution in [0.2, 0.25) is 0 Å². The largest absolute Gasteiger partial charge is 0.485 e. The van der Waals surface area contributed by atoms with Gasteiger partial charge >= 0.3 is 0 Å². The number of ether oxygens (including phenoxy) is 1. The van der Waals surface area contributed by atoms with Crippen LogP contribution in [0.25, 0.3) is 11.5 Å². The van der Waals surface area contributed by atoms with Crippen molar-refractivity contribution < 1.29 is 14.5 Å². The van der Waals surface area contributed by atoms with Crippen molar-refractivity contribution in [3.8, 4) is 17.2 Å². The molecule has 6 nitrogen and oxygen atoms in total. The molecular weight excluding hydrogens is 282 g/mol. The molecule has 0 aliphatic heterocycles. The predicted octanol–water partition coefficient (Wildman–Crippen LogP) is 2.79. The third kappa shape index (κ3) is 3.49. The first-order valence-corrected chi connectivity index (χ1v) is 6.82. The average molecular weight is 297 g/mol. The maximum atomic E-state index is 8.71. The van der Waals surface area contributed by atoms with Crippen molar-refractivity contribution in [2.24, 2.45) is 0 Å². The molecule has 1 aromatic heterocycles. The van der Waals surface area contributed by atoms with Crippen LogP contribution >= 0.6 is 0 Å². The topological polar surface area (TPSA) is 80.4 Å². The number of rotatable bonds is 6. The molecule has 6 heteroatoms. The molecule has 2 aromatic carbocycles. The van der Waals surface area contributed by atoms with Crippen LogP contribution in [0.1, 0.15) is 11.4 Å². The molecule has 0 aliphatic rings. The van der Waals surface area contributed by atoms with Crippen LogP contribution in [0.5, 0.6) is 5.75 Å². The summed E-state index contributed by atoms with van der Waals surface area (Å²) in [4.78, 5) is 4.30. The third-order valence-corrected chi connectivity index (χ3v) is 3.04. The number of nitrogens with one attached hydrogen (secondary N) is 1. The number of nitrogens with zero attached hydrogens (tertiary/aromatic N) is 2. The van der Waals surface area contributed by atoms with Gasteiger partial charge in [-0.15, -0.1) is 0 Å². The minimum atomic E-state index is 0.215. The van der Waals surface area contributed by atoms with E-state index in [0.29, 0.717) is 24.0 Å². The standard InChI is InChI=1S/C16H15N3O3/c20-17-10-12-5-4-8-14(9-12)21-11-15-18-16(22-19-15)13-6-2-1-3-7-13/h1-9,17,20H,10-11H2. The monoisotopic (exact) mass is 297 g/mol. The molecule has 0 amide bonds. The second kappa shape index (κ2) is 6.84. The Morgan fingerprint density at radius 1 is 1.09 bits per heavy atom. The van der Waals surface area contributed by atoms with Crippen molar-refractivity contribution in [1.29, 1.82) is 0 Å². The molecule has 2 N–H and O–H groups in total. The van der Waals surface area contributed by atoms with Gasteiger partial charge in [-0.25, -0.2) is 5.48 Å². The zero-order chi connectivity index (χ0) is 15.2. The fourth-order valence-electron chi connectivity index (χ4n) is 1.99. The summed E-state index contributed by atoms with van der Waals surface area (Å²) in [5.74, 6) is 1.63. The van der Waals surface area contributed by atoms with E-state index in [1.54, 1.807) is 0 Å². The van der Waals surface area contributed by atoms with Crippen molar-refractivity contribution in [2.75, 3.05) is 0 Å². The molecule has 3 aromatic rings. The van der Waals surface area contributed by atoms with Crippen LogP contribution in [-0.4, -0.2) is 15.3 Å². The minimum absolute atomic E-state index is 0.215. The van der Waals surface area contributed by atoms with Gasteiger partial charge in [-0.1, -0.05) is 35.5 Å². The van der Waals surface area contributed by atoms with E-state index < -0.39 is 0 Å². The van der Waals surface area contributed by atoms with Gasteiger partial charge < -0.3 is 14.5 Å². The molecule has 0 unspecified atom stereocenters. The maximum absolute atomic E-state index is 8.71. The Kier molecular flexibility index (Phi) is 4.43. The van der Waals surface area contributed by atoms with Gasteiger partial charge in [-0.05, 0) is 29.8 Å². The van der Waals surface area contributed by atoms with Gasteiger partial charge in [-0.2, -0.15) is 4.98 Å². The highest BCUT2D eigenvalue weighted by atomic mass is 16.5. The average Bonchev–Trinajstić information content (AvgIpc) is 3.04. The molecule has 22 heavy (non-hydrogen) atoms. The van der Waals surface area contributed by atoms with E-state index >= 15 is 0 Å². The molecule has 112 valence electrons. The fourth-order valence-corrected chi connectivity index (χ4v) is 1.99. The lowest BCUT2D eigenvalue weighted by Crippen LogP contribution is -2.06. The number of aromatic nitrogens is 2. The molecule has 0 fully saturated rings. The molecule has 0 aliphatic carbocycles. The highest BCUT2D eigenvalue weighted by molar-refractivity contribution is 5.51. The minimum Gasteiger partial charge on any atom is -0.485 e. The molecule has 1 heterocycles. The van der Waals surface area contributed by atoms with Gasteiger partial charge in [0.15, 0.2) is 6.61 Å². The molecule has 0 saturated carbocycles. The van der Waals surface area contributed by atoms with Crippen LogP contribution in [0, 0.1) is 0 Å². The Morgan fingerprint density at radius 2 is 1.95 bits per heavy atom. The summed E-state index contributed by atoms with van der Waals surface area (Å²) in [7, 11) is 0. The second-order valence-corrected chi connectivity index (χ2v) is 4.65. The first-order valence-electron chi connectivity index (χ1n) is 6.82. The van der Waals surface area contributed by atoms with Crippen LogP contribution in [0.4, 0.5) is 0 Å². The number of hydrogen-bond acceptors (Lipinski definition) is 6. The molecule has 3 rings (SSSR count). The van der Waals surface area contributed by atoms with Crippen molar-refractivity contribution >= 4 is 0 Å². The quantitative estimate of drug-likeness (QED) is 0.681. The number of hydroxylamine groups is 1. The summed E-state index contributed by atoms with van der Waals surface area (Å²) >= 11 is 0. The first-order chi connectivity index (χ1) is 10.8. The first kappa shape index (κ1) is 14.2. The fraction of sp³-hybridized carbons (Fsp3) is 0.125. The van der Waals surface area contributed by atoms with Crippen molar-refractivity contribution in [3.05, 3.63) is 66.0 Å². The van der Waals surface area contributed by atoms with Crippen molar-refractivity contribution in [2.45, 2.75) is 13.2 Å². The zero-order valence-corrected chi connectivity index (χ0v) is 11.8. The lowest BCUT2D eigenvalue weighted by molar-refractivity contribution is 0.161. The van der Waals surface area contributed by atoms with Crippen LogP contribution in [0.3, 0.4) is 0 Å². The van der Waals surface area contributed by atoms with E-state index in [1.807, 2.05) is 54.6 Å². The lowest BCUT2D eigenvalue weighted by Gasteiger charge is -2.05. The van der Waals surface area contributed by atoms with Gasteiger partial charge in [0.1, 0.15) is 5.75 Å². The summed E-state index contributed by atoms with van der Waals surface area (Å²) in [5, 5.41) is 12.6. The zero-order valence-electron chi connectivity index (χ0n) is 11.8. The number of benzene rings is 2. The summed E-state index contributed by atoms with van der Waals surface area (Å²) in [6.07, 6.45) is 0. The van der Waals surface area contributed by atoms with Crippen LogP contribution < -0.4 is 10.2 Å². The smallest absolute Gasteiger partial charge is 0.258 e. The maximum Gasteiger partial charge on any atom is 0.258 e.